The van der Waals surface area contributed by atoms with E-state index in [-0.39, 0.29) is 0 Å². The van der Waals surface area contributed by atoms with Gasteiger partial charge in [-0.05, 0) is 29.7 Å². The fourth-order valence-electron chi connectivity index (χ4n) is 1.33. The van der Waals surface area contributed by atoms with Gasteiger partial charge in [0.2, 0.25) is 5.65 Å². The molecule has 0 saturated heterocycles. The van der Waals surface area contributed by atoms with Crippen LogP contribution in [0, 0.1) is 13.8 Å². The molecule has 0 aliphatic carbocycles. The number of aliphatic imine (C=N–C) groups is 1. The fraction of sp³-hybridized carbons (Fsp3) is 0.400. The van der Waals surface area contributed by atoms with Gasteiger partial charge in [-0.3, -0.25) is 0 Å². The topological polar surface area (TPSA) is 67.4 Å². The van der Waals surface area contributed by atoms with E-state index in [9.17, 15) is 0 Å². The molecule has 0 saturated carbocycles. The van der Waals surface area contributed by atoms with Crippen LogP contribution in [0.1, 0.15) is 11.3 Å². The number of pyridine rings is 1. The van der Waals surface area contributed by atoms with E-state index >= 15 is 0 Å². The first-order chi connectivity index (χ1) is 7.59. The zero-order chi connectivity index (χ0) is 11.7. The molecule has 84 valence electrons. The summed E-state index contributed by atoms with van der Waals surface area (Å²) >= 11 is 0. The maximum atomic E-state index is 4.67. The highest BCUT2D eigenvalue weighted by molar-refractivity contribution is 5.86. The molecule has 6 heteroatoms. The molecule has 2 aromatic rings. The second-order valence-corrected chi connectivity index (χ2v) is 3.82. The summed E-state index contributed by atoms with van der Waals surface area (Å²) in [6, 6.07) is 0. The standard InChI is InChI=1S/C10H13N5O/c1-6-7(2)12-10-9(13-16-14-10)8(6)11-5-15(3)4/h5H,1-4H3. The molecule has 0 amide bonds. The monoisotopic (exact) mass is 219 g/mol. The number of nitrogens with zero attached hydrogens (tertiary/aromatic N) is 5. The minimum atomic E-state index is 0.494. The fourth-order valence-corrected chi connectivity index (χ4v) is 1.33. The Morgan fingerprint density at radius 1 is 1.25 bits per heavy atom. The summed E-state index contributed by atoms with van der Waals surface area (Å²) < 4.78 is 4.67. The largest absolute Gasteiger partial charge is 0.369 e. The highest BCUT2D eigenvalue weighted by atomic mass is 16.6. The third kappa shape index (κ3) is 1.73. The predicted octanol–water partition coefficient (Wildman–Crippen LogP) is 1.46. The van der Waals surface area contributed by atoms with Crippen LogP contribution < -0.4 is 0 Å². The maximum Gasteiger partial charge on any atom is 0.226 e. The molecule has 2 aromatic heterocycles. The van der Waals surface area contributed by atoms with E-state index in [1.54, 1.807) is 6.34 Å². The molecule has 0 bridgehead atoms. The average molecular weight is 219 g/mol. The average Bonchev–Trinajstić information content (AvgIpc) is 2.65. The normalized spacial score (nSPS) is 11.5. The van der Waals surface area contributed by atoms with E-state index < -0.39 is 0 Å². The minimum absolute atomic E-state index is 0.494. The van der Waals surface area contributed by atoms with Gasteiger partial charge in [0.1, 0.15) is 5.69 Å². The molecule has 0 spiro atoms. The molecule has 0 atom stereocenters. The van der Waals surface area contributed by atoms with Gasteiger partial charge in [-0.25, -0.2) is 14.6 Å². The van der Waals surface area contributed by atoms with Crippen molar-refractivity contribution in [2.75, 3.05) is 14.1 Å². The molecule has 2 heterocycles. The molecule has 0 aromatic carbocycles. The van der Waals surface area contributed by atoms with Gasteiger partial charge in [0.15, 0.2) is 5.52 Å². The highest BCUT2D eigenvalue weighted by Crippen LogP contribution is 2.27. The first-order valence-electron chi connectivity index (χ1n) is 4.89. The highest BCUT2D eigenvalue weighted by Gasteiger charge is 2.12. The Hall–Kier alpha value is -1.98. The minimum Gasteiger partial charge on any atom is -0.369 e. The van der Waals surface area contributed by atoms with Crippen molar-refractivity contribution in [1.82, 2.24) is 20.2 Å². The van der Waals surface area contributed by atoms with Crippen molar-refractivity contribution in [1.29, 1.82) is 0 Å². The summed E-state index contributed by atoms with van der Waals surface area (Å²) in [6.07, 6.45) is 1.72. The summed E-state index contributed by atoms with van der Waals surface area (Å²) in [7, 11) is 3.82. The lowest BCUT2D eigenvalue weighted by molar-refractivity contribution is 0.315. The third-order valence-electron chi connectivity index (χ3n) is 2.28. The van der Waals surface area contributed by atoms with Gasteiger partial charge in [0.05, 0.1) is 6.34 Å². The van der Waals surface area contributed by atoms with Gasteiger partial charge >= 0.3 is 0 Å². The van der Waals surface area contributed by atoms with Crippen molar-refractivity contribution in [3.63, 3.8) is 0 Å². The number of aromatic nitrogens is 3. The molecule has 0 aliphatic heterocycles. The SMILES string of the molecule is Cc1nc2nonc2c(N=CN(C)C)c1C. The summed E-state index contributed by atoms with van der Waals surface area (Å²) in [5, 5.41) is 7.54. The second kappa shape index (κ2) is 3.88. The Balaban J connectivity index is 2.64. The van der Waals surface area contributed by atoms with Gasteiger partial charge in [0.25, 0.3) is 0 Å². The van der Waals surface area contributed by atoms with Crippen LogP contribution in [0.5, 0.6) is 0 Å². The number of fused-ring (bicyclic) bond motifs is 1. The molecule has 6 nitrogen and oxygen atoms in total. The van der Waals surface area contributed by atoms with Crippen molar-refractivity contribution in [3.05, 3.63) is 11.3 Å². The van der Waals surface area contributed by atoms with Crippen LogP contribution in [-0.2, 0) is 0 Å². The number of hydrogen-bond donors (Lipinski definition) is 0. The van der Waals surface area contributed by atoms with Crippen molar-refractivity contribution in [2.45, 2.75) is 13.8 Å². The Morgan fingerprint density at radius 2 is 2.00 bits per heavy atom. The Labute approximate surface area is 92.9 Å². The number of hydrogen-bond acceptors (Lipinski definition) is 5. The van der Waals surface area contributed by atoms with E-state index in [1.165, 1.54) is 0 Å². The van der Waals surface area contributed by atoms with E-state index in [4.69, 9.17) is 0 Å². The number of rotatable bonds is 2. The first kappa shape index (κ1) is 10.5. The molecule has 0 aliphatic rings. The van der Waals surface area contributed by atoms with Crippen LogP contribution in [0.3, 0.4) is 0 Å². The summed E-state index contributed by atoms with van der Waals surface area (Å²) in [5.74, 6) is 0. The van der Waals surface area contributed by atoms with Gasteiger partial charge in [-0.1, -0.05) is 0 Å². The quantitative estimate of drug-likeness (QED) is 0.565. The van der Waals surface area contributed by atoms with E-state index in [0.717, 1.165) is 16.9 Å². The van der Waals surface area contributed by atoms with Crippen LogP contribution in [0.15, 0.2) is 9.62 Å². The van der Waals surface area contributed by atoms with Crippen LogP contribution in [0.2, 0.25) is 0 Å². The Bertz CT molecular complexity index is 543. The smallest absolute Gasteiger partial charge is 0.226 e. The zero-order valence-corrected chi connectivity index (χ0v) is 9.72. The van der Waals surface area contributed by atoms with Crippen LogP contribution in [0.25, 0.3) is 11.2 Å². The number of aryl methyl sites for hydroxylation is 1. The lowest BCUT2D eigenvalue weighted by Crippen LogP contribution is -2.07. The molecule has 2 rings (SSSR count). The summed E-state index contributed by atoms with van der Waals surface area (Å²) in [6.45, 7) is 3.87. The van der Waals surface area contributed by atoms with Gasteiger partial charge in [-0.15, -0.1) is 0 Å². The van der Waals surface area contributed by atoms with E-state index in [1.807, 2.05) is 32.8 Å². The van der Waals surface area contributed by atoms with Gasteiger partial charge in [-0.2, -0.15) is 0 Å². The molecule has 0 fully saturated rings. The molecular weight excluding hydrogens is 206 g/mol. The van der Waals surface area contributed by atoms with Crippen LogP contribution >= 0.6 is 0 Å². The third-order valence-corrected chi connectivity index (χ3v) is 2.28. The van der Waals surface area contributed by atoms with Crippen LogP contribution in [0.4, 0.5) is 5.69 Å². The van der Waals surface area contributed by atoms with Gasteiger partial charge < -0.3 is 4.90 Å². The Kier molecular flexibility index (Phi) is 2.55. The molecule has 0 unspecified atom stereocenters. The van der Waals surface area contributed by atoms with Crippen molar-refractivity contribution < 1.29 is 4.63 Å². The second-order valence-electron chi connectivity index (χ2n) is 3.82. The zero-order valence-electron chi connectivity index (χ0n) is 9.72. The predicted molar refractivity (Wildman–Crippen MR) is 60.9 cm³/mol. The molecular formula is C10H13N5O. The van der Waals surface area contributed by atoms with Crippen molar-refractivity contribution >= 4 is 23.2 Å². The Morgan fingerprint density at radius 3 is 2.69 bits per heavy atom. The lowest BCUT2D eigenvalue weighted by atomic mass is 10.2. The van der Waals surface area contributed by atoms with E-state index in [0.29, 0.717) is 11.2 Å². The van der Waals surface area contributed by atoms with E-state index in [2.05, 4.69) is 24.9 Å². The lowest BCUT2D eigenvalue weighted by Gasteiger charge is -2.05. The van der Waals surface area contributed by atoms with Gasteiger partial charge in [0, 0.05) is 19.8 Å². The summed E-state index contributed by atoms with van der Waals surface area (Å²) in [5.41, 5.74) is 3.73. The first-order valence-corrected chi connectivity index (χ1v) is 4.89. The molecule has 16 heavy (non-hydrogen) atoms. The maximum absolute atomic E-state index is 4.67. The van der Waals surface area contributed by atoms with Crippen molar-refractivity contribution in [3.8, 4) is 0 Å². The molecule has 0 N–H and O–H groups in total. The molecule has 0 radical (unpaired) electrons. The van der Waals surface area contributed by atoms with Crippen molar-refractivity contribution in [2.24, 2.45) is 4.99 Å². The summed E-state index contributed by atoms with van der Waals surface area (Å²) in [4.78, 5) is 10.5. The van der Waals surface area contributed by atoms with Crippen LogP contribution in [-0.4, -0.2) is 40.6 Å².